The smallest absolute Gasteiger partial charge is 0.175 e. The molecule has 2 aromatic heterocycles. The van der Waals surface area contributed by atoms with Crippen molar-refractivity contribution in [2.24, 2.45) is 0 Å². The number of aromatic nitrogens is 4. The van der Waals surface area contributed by atoms with Gasteiger partial charge in [0.15, 0.2) is 11.6 Å². The zero-order valence-corrected chi connectivity index (χ0v) is 15.1. The first-order valence-corrected chi connectivity index (χ1v) is 9.15. The van der Waals surface area contributed by atoms with Crippen LogP contribution in [0.5, 0.6) is 0 Å². The van der Waals surface area contributed by atoms with Crippen LogP contribution in [0.15, 0.2) is 54.7 Å². The lowest BCUT2D eigenvalue weighted by Gasteiger charge is -2.22. The summed E-state index contributed by atoms with van der Waals surface area (Å²) in [4.78, 5) is 4.85. The van der Waals surface area contributed by atoms with Gasteiger partial charge >= 0.3 is 0 Å². The Morgan fingerprint density at radius 2 is 1.65 bits per heavy atom. The Balaban J connectivity index is 1.39. The van der Waals surface area contributed by atoms with E-state index in [9.17, 15) is 0 Å². The average Bonchev–Trinajstić information content (AvgIpc) is 2.98. The van der Waals surface area contributed by atoms with Crippen LogP contribution in [0.2, 0.25) is 0 Å². The molecule has 4 rings (SSSR count). The molecule has 1 aliphatic heterocycles. The second kappa shape index (κ2) is 7.66. The monoisotopic (exact) mass is 348 g/mol. The fraction of sp³-hybridized carbons (Fsp3) is 0.350. The molecule has 1 aliphatic rings. The van der Waals surface area contributed by atoms with Gasteiger partial charge in [-0.3, -0.25) is 4.90 Å². The Bertz CT molecular complexity index is 827. The van der Waals surface area contributed by atoms with Gasteiger partial charge in [0, 0.05) is 38.9 Å². The molecule has 134 valence electrons. The molecule has 0 aliphatic carbocycles. The van der Waals surface area contributed by atoms with Crippen LogP contribution >= 0.6 is 0 Å². The summed E-state index contributed by atoms with van der Waals surface area (Å²) in [6.45, 7) is 7.12. The summed E-state index contributed by atoms with van der Waals surface area (Å²) >= 11 is 0. The highest BCUT2D eigenvalue weighted by Gasteiger charge is 2.16. The summed E-state index contributed by atoms with van der Waals surface area (Å²) in [7, 11) is 0. The summed E-state index contributed by atoms with van der Waals surface area (Å²) in [5.41, 5.74) is 2.35. The summed E-state index contributed by atoms with van der Waals surface area (Å²) in [5, 5.41) is 13.2. The molecule has 0 radical (unpaired) electrons. The van der Waals surface area contributed by atoms with Gasteiger partial charge in [-0.1, -0.05) is 30.3 Å². The largest absolute Gasteiger partial charge is 0.354 e. The summed E-state index contributed by atoms with van der Waals surface area (Å²) in [6.07, 6.45) is 3.04. The predicted octanol–water partition coefficient (Wildman–Crippen LogP) is 2.68. The van der Waals surface area contributed by atoms with E-state index in [1.807, 2.05) is 31.3 Å². The normalized spacial score (nSPS) is 15.8. The molecule has 26 heavy (non-hydrogen) atoms. The van der Waals surface area contributed by atoms with Gasteiger partial charge in [0.2, 0.25) is 0 Å². The first-order chi connectivity index (χ1) is 12.8. The number of hydrogen-bond donors (Lipinski definition) is 0. The number of nitrogens with zero attached hydrogens (tertiary/aromatic N) is 6. The summed E-state index contributed by atoms with van der Waals surface area (Å²) in [5.74, 6) is 1.70. The average molecular weight is 348 g/mol. The molecule has 1 saturated heterocycles. The van der Waals surface area contributed by atoms with Crippen LogP contribution in [-0.2, 0) is 6.54 Å². The first-order valence-electron chi connectivity index (χ1n) is 9.15. The van der Waals surface area contributed by atoms with E-state index in [0.717, 1.165) is 56.5 Å². The zero-order chi connectivity index (χ0) is 17.8. The van der Waals surface area contributed by atoms with Gasteiger partial charge in [-0.15, -0.1) is 10.2 Å². The van der Waals surface area contributed by atoms with E-state index in [-0.39, 0.29) is 0 Å². The van der Waals surface area contributed by atoms with E-state index in [2.05, 4.69) is 55.4 Å². The van der Waals surface area contributed by atoms with Gasteiger partial charge in [-0.05, 0) is 37.1 Å². The van der Waals surface area contributed by atoms with Crippen LogP contribution in [0.3, 0.4) is 0 Å². The van der Waals surface area contributed by atoms with E-state index >= 15 is 0 Å². The van der Waals surface area contributed by atoms with Crippen molar-refractivity contribution < 1.29 is 0 Å². The first kappa shape index (κ1) is 16.7. The Morgan fingerprint density at radius 1 is 0.846 bits per heavy atom. The molecule has 0 spiro atoms. The van der Waals surface area contributed by atoms with Crippen molar-refractivity contribution in [3.05, 3.63) is 66.0 Å². The lowest BCUT2D eigenvalue weighted by Crippen LogP contribution is -2.31. The van der Waals surface area contributed by atoms with Crippen molar-refractivity contribution in [3.63, 3.8) is 0 Å². The molecule has 0 amide bonds. The van der Waals surface area contributed by atoms with Gasteiger partial charge in [0.1, 0.15) is 0 Å². The minimum Gasteiger partial charge on any atom is -0.354 e. The second-order valence-electron chi connectivity index (χ2n) is 6.75. The third-order valence-electron chi connectivity index (χ3n) is 4.76. The Hall–Kier alpha value is -2.73. The van der Waals surface area contributed by atoms with Gasteiger partial charge < -0.3 is 4.90 Å². The maximum Gasteiger partial charge on any atom is 0.175 e. The highest BCUT2D eigenvalue weighted by molar-refractivity contribution is 5.39. The maximum absolute atomic E-state index is 4.44. The third-order valence-corrected chi connectivity index (χ3v) is 4.76. The highest BCUT2D eigenvalue weighted by Crippen LogP contribution is 2.15. The fourth-order valence-electron chi connectivity index (χ4n) is 3.35. The van der Waals surface area contributed by atoms with Crippen LogP contribution in [0.25, 0.3) is 5.82 Å². The van der Waals surface area contributed by atoms with Gasteiger partial charge in [-0.2, -0.15) is 5.10 Å². The lowest BCUT2D eigenvalue weighted by molar-refractivity contribution is 0.285. The standard InChI is InChI=1S/C20H24N6/c1-17-10-13-26(23-17)20-9-8-19(21-22-20)25-12-5-11-24(14-15-25)16-18-6-3-2-4-7-18/h2-4,6-10,13H,5,11-12,14-16H2,1H3. The number of hydrogen-bond acceptors (Lipinski definition) is 5. The van der Waals surface area contributed by atoms with E-state index in [1.54, 1.807) is 4.68 Å². The number of rotatable bonds is 4. The molecule has 6 heteroatoms. The summed E-state index contributed by atoms with van der Waals surface area (Å²) in [6, 6.07) is 16.7. The van der Waals surface area contributed by atoms with E-state index in [4.69, 9.17) is 0 Å². The Morgan fingerprint density at radius 3 is 2.38 bits per heavy atom. The van der Waals surface area contributed by atoms with Gasteiger partial charge in [0.25, 0.3) is 0 Å². The quantitative estimate of drug-likeness (QED) is 0.725. The molecular weight excluding hydrogens is 324 g/mol. The summed E-state index contributed by atoms with van der Waals surface area (Å²) < 4.78 is 1.76. The molecule has 0 saturated carbocycles. The lowest BCUT2D eigenvalue weighted by atomic mass is 10.2. The van der Waals surface area contributed by atoms with E-state index < -0.39 is 0 Å². The van der Waals surface area contributed by atoms with E-state index in [0.29, 0.717) is 0 Å². The van der Waals surface area contributed by atoms with Crippen LogP contribution < -0.4 is 4.90 Å². The van der Waals surface area contributed by atoms with E-state index in [1.165, 1.54) is 5.56 Å². The van der Waals surface area contributed by atoms with Crippen molar-refractivity contribution in [1.29, 1.82) is 0 Å². The number of anilines is 1. The second-order valence-corrected chi connectivity index (χ2v) is 6.75. The van der Waals surface area contributed by atoms with Crippen molar-refractivity contribution in [1.82, 2.24) is 24.9 Å². The molecule has 6 nitrogen and oxygen atoms in total. The molecule has 1 fully saturated rings. The molecule has 3 aromatic rings. The van der Waals surface area contributed by atoms with Crippen LogP contribution in [0.1, 0.15) is 17.7 Å². The van der Waals surface area contributed by atoms with Crippen molar-refractivity contribution in [2.75, 3.05) is 31.1 Å². The number of aryl methyl sites for hydroxylation is 1. The van der Waals surface area contributed by atoms with Crippen LogP contribution in [0.4, 0.5) is 5.82 Å². The minimum atomic E-state index is 0.752. The maximum atomic E-state index is 4.44. The predicted molar refractivity (Wildman–Crippen MR) is 102 cm³/mol. The highest BCUT2D eigenvalue weighted by atomic mass is 15.4. The van der Waals surface area contributed by atoms with Crippen LogP contribution in [0, 0.1) is 6.92 Å². The number of benzene rings is 1. The molecule has 3 heterocycles. The van der Waals surface area contributed by atoms with Gasteiger partial charge in [0.05, 0.1) is 5.69 Å². The molecule has 0 unspecified atom stereocenters. The third kappa shape index (κ3) is 3.91. The Kier molecular flexibility index (Phi) is 4.93. The fourth-order valence-corrected chi connectivity index (χ4v) is 3.35. The van der Waals surface area contributed by atoms with Crippen molar-refractivity contribution >= 4 is 5.82 Å². The zero-order valence-electron chi connectivity index (χ0n) is 15.1. The van der Waals surface area contributed by atoms with Crippen LogP contribution in [-0.4, -0.2) is 51.1 Å². The van der Waals surface area contributed by atoms with Crippen molar-refractivity contribution in [2.45, 2.75) is 19.9 Å². The molecule has 1 aromatic carbocycles. The van der Waals surface area contributed by atoms with Gasteiger partial charge in [-0.25, -0.2) is 4.68 Å². The molecule has 0 atom stereocenters. The minimum absolute atomic E-state index is 0.752. The topological polar surface area (TPSA) is 50.1 Å². The molecule has 0 N–H and O–H groups in total. The Labute approximate surface area is 154 Å². The SMILES string of the molecule is Cc1ccn(-c2ccc(N3CCCN(Cc4ccccc4)CC3)nn2)n1. The molecule has 0 bridgehead atoms. The van der Waals surface area contributed by atoms with Crippen molar-refractivity contribution in [3.8, 4) is 5.82 Å². The molecular formula is C20H24N6.